The molecule has 0 radical (unpaired) electrons. The van der Waals surface area contributed by atoms with Crippen molar-refractivity contribution in [2.24, 2.45) is 5.73 Å². The van der Waals surface area contributed by atoms with Crippen LogP contribution < -0.4 is 15.2 Å². The molecule has 0 aliphatic rings. The van der Waals surface area contributed by atoms with Crippen LogP contribution in [-0.2, 0) is 6.61 Å². The Labute approximate surface area is 120 Å². The van der Waals surface area contributed by atoms with Gasteiger partial charge in [-0.05, 0) is 31.5 Å². The molecule has 20 heavy (non-hydrogen) atoms. The molecule has 0 saturated heterocycles. The van der Waals surface area contributed by atoms with E-state index >= 15 is 0 Å². The van der Waals surface area contributed by atoms with Gasteiger partial charge < -0.3 is 15.2 Å². The number of aryl methyl sites for hydroxylation is 1. The molecular weight excluding hydrogens is 250 g/mol. The van der Waals surface area contributed by atoms with Gasteiger partial charge in [0.2, 0.25) is 0 Å². The van der Waals surface area contributed by atoms with Crippen LogP contribution in [-0.4, -0.2) is 7.11 Å². The second-order valence-electron chi connectivity index (χ2n) is 4.93. The van der Waals surface area contributed by atoms with E-state index in [2.05, 4.69) is 6.07 Å². The van der Waals surface area contributed by atoms with Crippen molar-refractivity contribution >= 4 is 0 Å². The van der Waals surface area contributed by atoms with E-state index in [-0.39, 0.29) is 6.04 Å². The standard InChI is InChI=1S/C17H21NO2/c1-12-8-9-15(13(2)18)17(10-12)20-11-14-6-4-5-7-16(14)19-3/h4-10,13H,11,18H2,1-3H3/t13-/m1/s1. The van der Waals surface area contributed by atoms with Crippen LogP contribution in [0.3, 0.4) is 0 Å². The third-order valence-corrected chi connectivity index (χ3v) is 3.24. The number of hydrogen-bond acceptors (Lipinski definition) is 3. The van der Waals surface area contributed by atoms with Gasteiger partial charge in [0, 0.05) is 17.2 Å². The summed E-state index contributed by atoms with van der Waals surface area (Å²) in [6, 6.07) is 13.9. The van der Waals surface area contributed by atoms with E-state index in [0.717, 1.165) is 28.2 Å². The zero-order chi connectivity index (χ0) is 14.5. The minimum Gasteiger partial charge on any atom is -0.496 e. The van der Waals surface area contributed by atoms with Crippen molar-refractivity contribution < 1.29 is 9.47 Å². The molecule has 3 heteroatoms. The van der Waals surface area contributed by atoms with Crippen molar-refractivity contribution in [2.45, 2.75) is 26.5 Å². The molecule has 0 aromatic heterocycles. The lowest BCUT2D eigenvalue weighted by Gasteiger charge is -2.16. The monoisotopic (exact) mass is 271 g/mol. The van der Waals surface area contributed by atoms with E-state index in [1.54, 1.807) is 7.11 Å². The van der Waals surface area contributed by atoms with E-state index in [1.807, 2.05) is 50.2 Å². The van der Waals surface area contributed by atoms with Gasteiger partial charge in [-0.25, -0.2) is 0 Å². The Kier molecular flexibility index (Phi) is 4.64. The Morgan fingerprint density at radius 1 is 1.10 bits per heavy atom. The molecular formula is C17H21NO2. The summed E-state index contributed by atoms with van der Waals surface area (Å²) in [5.41, 5.74) is 9.18. The molecule has 2 aromatic carbocycles. The summed E-state index contributed by atoms with van der Waals surface area (Å²) < 4.78 is 11.3. The average molecular weight is 271 g/mol. The molecule has 0 saturated carbocycles. The molecule has 0 aliphatic carbocycles. The van der Waals surface area contributed by atoms with Crippen LogP contribution in [0.25, 0.3) is 0 Å². The van der Waals surface area contributed by atoms with Crippen molar-refractivity contribution in [1.82, 2.24) is 0 Å². The van der Waals surface area contributed by atoms with E-state index in [4.69, 9.17) is 15.2 Å². The molecule has 3 nitrogen and oxygen atoms in total. The molecule has 0 heterocycles. The van der Waals surface area contributed by atoms with Crippen LogP contribution in [0, 0.1) is 6.92 Å². The lowest BCUT2D eigenvalue weighted by molar-refractivity contribution is 0.292. The molecule has 0 aliphatic heterocycles. The maximum absolute atomic E-state index is 5.98. The summed E-state index contributed by atoms with van der Waals surface area (Å²) in [6.07, 6.45) is 0. The Bertz CT molecular complexity index is 579. The van der Waals surface area contributed by atoms with Gasteiger partial charge in [0.25, 0.3) is 0 Å². The van der Waals surface area contributed by atoms with E-state index in [1.165, 1.54) is 0 Å². The molecule has 0 bridgehead atoms. The molecule has 0 unspecified atom stereocenters. The Balaban J connectivity index is 2.20. The minimum absolute atomic E-state index is 0.0525. The van der Waals surface area contributed by atoms with Crippen LogP contribution in [0.15, 0.2) is 42.5 Å². The predicted molar refractivity (Wildman–Crippen MR) is 81.1 cm³/mol. The fourth-order valence-corrected chi connectivity index (χ4v) is 2.12. The summed E-state index contributed by atoms with van der Waals surface area (Å²) in [4.78, 5) is 0. The van der Waals surface area contributed by atoms with Gasteiger partial charge in [0.1, 0.15) is 18.1 Å². The fourth-order valence-electron chi connectivity index (χ4n) is 2.12. The van der Waals surface area contributed by atoms with Crippen LogP contribution in [0.2, 0.25) is 0 Å². The van der Waals surface area contributed by atoms with E-state index < -0.39 is 0 Å². The largest absolute Gasteiger partial charge is 0.496 e. The van der Waals surface area contributed by atoms with Crippen molar-refractivity contribution in [2.75, 3.05) is 7.11 Å². The number of methoxy groups -OCH3 is 1. The molecule has 2 rings (SSSR count). The second-order valence-corrected chi connectivity index (χ2v) is 4.93. The molecule has 1 atom stereocenters. The zero-order valence-electron chi connectivity index (χ0n) is 12.2. The highest BCUT2D eigenvalue weighted by Crippen LogP contribution is 2.27. The minimum atomic E-state index is -0.0525. The number of hydrogen-bond donors (Lipinski definition) is 1. The first kappa shape index (κ1) is 14.4. The fraction of sp³-hybridized carbons (Fsp3) is 0.294. The van der Waals surface area contributed by atoms with Crippen molar-refractivity contribution in [3.63, 3.8) is 0 Å². The van der Waals surface area contributed by atoms with Gasteiger partial charge in [-0.1, -0.05) is 30.3 Å². The maximum Gasteiger partial charge on any atom is 0.125 e. The third kappa shape index (κ3) is 3.31. The number of nitrogens with two attached hydrogens (primary N) is 1. The molecule has 0 spiro atoms. The quantitative estimate of drug-likeness (QED) is 0.903. The lowest BCUT2D eigenvalue weighted by Crippen LogP contribution is -2.08. The van der Waals surface area contributed by atoms with Crippen LogP contribution >= 0.6 is 0 Å². The zero-order valence-corrected chi connectivity index (χ0v) is 12.2. The first-order chi connectivity index (χ1) is 9.61. The molecule has 2 N–H and O–H groups in total. The second kappa shape index (κ2) is 6.44. The highest BCUT2D eigenvalue weighted by atomic mass is 16.5. The number of ether oxygens (including phenoxy) is 2. The maximum atomic E-state index is 5.98. The van der Waals surface area contributed by atoms with Gasteiger partial charge in [-0.15, -0.1) is 0 Å². The molecule has 2 aromatic rings. The van der Waals surface area contributed by atoms with Gasteiger partial charge in [0.15, 0.2) is 0 Å². The van der Waals surface area contributed by atoms with Crippen LogP contribution in [0.5, 0.6) is 11.5 Å². The topological polar surface area (TPSA) is 44.5 Å². The van der Waals surface area contributed by atoms with E-state index in [9.17, 15) is 0 Å². The highest BCUT2D eigenvalue weighted by molar-refractivity contribution is 5.40. The summed E-state index contributed by atoms with van der Waals surface area (Å²) >= 11 is 0. The Morgan fingerprint density at radius 3 is 2.55 bits per heavy atom. The number of para-hydroxylation sites is 1. The average Bonchev–Trinajstić information content (AvgIpc) is 2.45. The molecule has 0 fully saturated rings. The summed E-state index contributed by atoms with van der Waals surface area (Å²) in [5, 5.41) is 0. The number of benzene rings is 2. The summed E-state index contributed by atoms with van der Waals surface area (Å²) in [6.45, 7) is 4.47. The lowest BCUT2D eigenvalue weighted by atomic mass is 10.1. The predicted octanol–water partition coefficient (Wildman–Crippen LogP) is 3.60. The first-order valence-electron chi connectivity index (χ1n) is 6.72. The SMILES string of the molecule is COc1ccccc1COc1cc(C)ccc1[C@@H](C)N. The molecule has 0 amide bonds. The first-order valence-corrected chi connectivity index (χ1v) is 6.72. The normalized spacial score (nSPS) is 12.0. The Hall–Kier alpha value is -2.00. The highest BCUT2D eigenvalue weighted by Gasteiger charge is 2.10. The van der Waals surface area contributed by atoms with Crippen molar-refractivity contribution in [1.29, 1.82) is 0 Å². The van der Waals surface area contributed by atoms with Crippen molar-refractivity contribution in [3.8, 4) is 11.5 Å². The van der Waals surface area contributed by atoms with Crippen LogP contribution in [0.1, 0.15) is 29.7 Å². The van der Waals surface area contributed by atoms with Gasteiger partial charge in [-0.3, -0.25) is 0 Å². The van der Waals surface area contributed by atoms with Gasteiger partial charge in [-0.2, -0.15) is 0 Å². The molecule has 106 valence electrons. The van der Waals surface area contributed by atoms with Crippen molar-refractivity contribution in [3.05, 3.63) is 59.2 Å². The Morgan fingerprint density at radius 2 is 1.85 bits per heavy atom. The summed E-state index contributed by atoms with van der Waals surface area (Å²) in [5.74, 6) is 1.67. The third-order valence-electron chi connectivity index (χ3n) is 3.24. The van der Waals surface area contributed by atoms with Crippen LogP contribution in [0.4, 0.5) is 0 Å². The smallest absolute Gasteiger partial charge is 0.125 e. The van der Waals surface area contributed by atoms with E-state index in [0.29, 0.717) is 6.61 Å². The van der Waals surface area contributed by atoms with Gasteiger partial charge >= 0.3 is 0 Å². The summed E-state index contributed by atoms with van der Waals surface area (Å²) in [7, 11) is 1.67. The number of rotatable bonds is 5. The van der Waals surface area contributed by atoms with Gasteiger partial charge in [0.05, 0.1) is 7.11 Å².